The number of hydrogen-bond donors (Lipinski definition) is 1. The number of phenols is 1. The molecule has 0 fully saturated rings. The first-order chi connectivity index (χ1) is 10.4. The maximum atomic E-state index is 12.4. The second kappa shape index (κ2) is 5.36. The van der Waals surface area contributed by atoms with E-state index in [-0.39, 0.29) is 10.9 Å². The molecule has 1 aromatic heterocycles. The summed E-state index contributed by atoms with van der Waals surface area (Å²) in [6.45, 7) is 6.58. The van der Waals surface area contributed by atoms with Crippen molar-refractivity contribution in [2.24, 2.45) is 0 Å². The summed E-state index contributed by atoms with van der Waals surface area (Å²) in [5.74, 6) is -1.41. The number of nitrogens with zero attached hydrogens (tertiary/aromatic N) is 1. The molecule has 0 radical (unpaired) electrons. The smallest absolute Gasteiger partial charge is 0.504 e. The van der Waals surface area contributed by atoms with Gasteiger partial charge in [0.15, 0.2) is 11.5 Å². The number of phenolic OH excluding ortho intramolecular Hbond substituents is 1. The Morgan fingerprint density at radius 2 is 1.87 bits per heavy atom. The number of carbonyl (C=O) groups is 1. The largest absolute Gasteiger partial charge is 0.573 e. The minimum absolute atomic E-state index is 0.0649. The molecule has 8 heteroatoms. The van der Waals surface area contributed by atoms with Crippen molar-refractivity contribution < 1.29 is 32.5 Å². The summed E-state index contributed by atoms with van der Waals surface area (Å²) in [7, 11) is 0. The molecule has 1 heterocycles. The molecule has 5 nitrogen and oxygen atoms in total. The van der Waals surface area contributed by atoms with E-state index >= 15 is 0 Å². The van der Waals surface area contributed by atoms with Gasteiger partial charge in [-0.25, -0.2) is 4.79 Å². The van der Waals surface area contributed by atoms with E-state index in [1.54, 1.807) is 20.8 Å². The molecule has 0 saturated heterocycles. The Hall–Kier alpha value is -2.38. The summed E-state index contributed by atoms with van der Waals surface area (Å²) in [4.78, 5) is 12.2. The molecular weight excluding hydrogens is 315 g/mol. The van der Waals surface area contributed by atoms with Gasteiger partial charge in [-0.1, -0.05) is 0 Å². The maximum absolute atomic E-state index is 12.4. The van der Waals surface area contributed by atoms with E-state index in [1.807, 2.05) is 0 Å². The first-order valence-corrected chi connectivity index (χ1v) is 6.72. The van der Waals surface area contributed by atoms with Crippen LogP contribution < -0.4 is 4.74 Å². The Morgan fingerprint density at radius 1 is 1.26 bits per heavy atom. The van der Waals surface area contributed by atoms with Crippen molar-refractivity contribution in [3.05, 3.63) is 23.9 Å². The average Bonchev–Trinajstić information content (AvgIpc) is 2.77. The van der Waals surface area contributed by atoms with Gasteiger partial charge in [0, 0.05) is 11.6 Å². The molecule has 0 amide bonds. The zero-order valence-electron chi connectivity index (χ0n) is 13.0. The van der Waals surface area contributed by atoms with Crippen LogP contribution in [0.15, 0.2) is 18.3 Å². The zero-order chi connectivity index (χ0) is 17.6. The van der Waals surface area contributed by atoms with E-state index in [0.717, 1.165) is 10.6 Å². The molecule has 0 aliphatic carbocycles. The standard InChI is InChI=1S/C15H16F3NO4/c1-8-7-10(22-15(16,17)18)12(20)9-5-6-19(11(8)9)13(21)23-14(2,3)4/h5-7,20H,1-4H3. The Balaban J connectivity index is 2.53. The van der Waals surface area contributed by atoms with Crippen LogP contribution in [0.5, 0.6) is 11.5 Å². The second-order valence-electron chi connectivity index (χ2n) is 6.02. The average molecular weight is 331 g/mol. The number of benzene rings is 1. The molecule has 2 rings (SSSR count). The zero-order valence-corrected chi connectivity index (χ0v) is 13.0. The van der Waals surface area contributed by atoms with Crippen molar-refractivity contribution in [2.45, 2.75) is 39.7 Å². The van der Waals surface area contributed by atoms with Crippen LogP contribution in [-0.4, -0.2) is 27.7 Å². The van der Waals surface area contributed by atoms with Crippen LogP contribution >= 0.6 is 0 Å². The molecule has 0 unspecified atom stereocenters. The number of rotatable bonds is 1. The minimum atomic E-state index is -4.93. The number of hydrogen-bond acceptors (Lipinski definition) is 4. The van der Waals surface area contributed by atoms with Gasteiger partial charge in [0.05, 0.1) is 5.52 Å². The molecule has 0 aliphatic rings. The lowest BCUT2D eigenvalue weighted by Crippen LogP contribution is -2.26. The number of aryl methyl sites for hydroxylation is 1. The third-order valence-corrected chi connectivity index (χ3v) is 2.91. The van der Waals surface area contributed by atoms with Crippen LogP contribution in [0, 0.1) is 6.92 Å². The number of fused-ring (bicyclic) bond motifs is 1. The molecule has 0 aliphatic heterocycles. The van der Waals surface area contributed by atoms with Gasteiger partial charge in [-0.05, 0) is 45.4 Å². The van der Waals surface area contributed by atoms with Gasteiger partial charge in [-0.3, -0.25) is 4.57 Å². The van der Waals surface area contributed by atoms with Gasteiger partial charge >= 0.3 is 12.5 Å². The normalized spacial score (nSPS) is 12.5. The van der Waals surface area contributed by atoms with Gasteiger partial charge in [0.25, 0.3) is 0 Å². The number of ether oxygens (including phenoxy) is 2. The lowest BCUT2D eigenvalue weighted by atomic mass is 10.1. The second-order valence-corrected chi connectivity index (χ2v) is 6.02. The third kappa shape index (κ3) is 3.69. The van der Waals surface area contributed by atoms with Gasteiger partial charge < -0.3 is 14.6 Å². The van der Waals surface area contributed by atoms with Crippen molar-refractivity contribution in [2.75, 3.05) is 0 Å². The van der Waals surface area contributed by atoms with Crippen LogP contribution in [-0.2, 0) is 4.74 Å². The molecule has 2 aromatic rings. The molecule has 1 N–H and O–H groups in total. The van der Waals surface area contributed by atoms with E-state index in [2.05, 4.69) is 4.74 Å². The highest BCUT2D eigenvalue weighted by molar-refractivity contribution is 5.96. The van der Waals surface area contributed by atoms with Crippen molar-refractivity contribution in [1.82, 2.24) is 4.57 Å². The van der Waals surface area contributed by atoms with E-state index in [0.29, 0.717) is 5.56 Å². The van der Waals surface area contributed by atoms with Crippen molar-refractivity contribution in [3.8, 4) is 11.5 Å². The van der Waals surface area contributed by atoms with Gasteiger partial charge in [0.2, 0.25) is 0 Å². The number of aromatic hydroxyl groups is 1. The molecule has 0 spiro atoms. The van der Waals surface area contributed by atoms with Crippen LogP contribution in [0.25, 0.3) is 10.9 Å². The summed E-state index contributed by atoms with van der Waals surface area (Å²) in [6.07, 6.45) is -4.30. The molecule has 23 heavy (non-hydrogen) atoms. The molecule has 0 atom stereocenters. The molecule has 1 aromatic carbocycles. The molecule has 0 bridgehead atoms. The lowest BCUT2D eigenvalue weighted by Gasteiger charge is -2.20. The van der Waals surface area contributed by atoms with Gasteiger partial charge in [-0.2, -0.15) is 0 Å². The maximum Gasteiger partial charge on any atom is 0.573 e. The SMILES string of the molecule is Cc1cc(OC(F)(F)F)c(O)c2ccn(C(=O)OC(C)(C)C)c12. The fourth-order valence-corrected chi connectivity index (χ4v) is 2.16. The van der Waals surface area contributed by atoms with Crippen molar-refractivity contribution in [1.29, 1.82) is 0 Å². The fourth-order valence-electron chi connectivity index (χ4n) is 2.16. The van der Waals surface area contributed by atoms with E-state index in [4.69, 9.17) is 4.74 Å². The number of alkyl halides is 3. The van der Waals surface area contributed by atoms with Crippen molar-refractivity contribution >= 4 is 17.0 Å². The highest BCUT2D eigenvalue weighted by Crippen LogP contribution is 2.40. The van der Waals surface area contributed by atoms with Gasteiger partial charge in [-0.15, -0.1) is 13.2 Å². The third-order valence-electron chi connectivity index (χ3n) is 2.91. The number of carbonyl (C=O) groups excluding carboxylic acids is 1. The number of aromatic nitrogens is 1. The van der Waals surface area contributed by atoms with E-state index < -0.39 is 29.6 Å². The summed E-state index contributed by atoms with van der Waals surface area (Å²) in [6, 6.07) is 2.34. The minimum Gasteiger partial charge on any atom is -0.504 e. The fraction of sp³-hybridized carbons (Fsp3) is 0.400. The lowest BCUT2D eigenvalue weighted by molar-refractivity contribution is -0.275. The first-order valence-electron chi connectivity index (χ1n) is 6.72. The van der Waals surface area contributed by atoms with Crippen LogP contribution in [0.1, 0.15) is 26.3 Å². The summed E-state index contributed by atoms with van der Waals surface area (Å²) in [5, 5.41) is 10.0. The van der Waals surface area contributed by atoms with Crippen molar-refractivity contribution in [3.63, 3.8) is 0 Å². The Kier molecular flexibility index (Phi) is 3.96. The molecule has 0 saturated carbocycles. The summed E-state index contributed by atoms with van der Waals surface area (Å²) in [5.41, 5.74) is -0.151. The predicted molar refractivity (Wildman–Crippen MR) is 76.7 cm³/mol. The monoisotopic (exact) mass is 331 g/mol. The highest BCUT2D eigenvalue weighted by Gasteiger charge is 2.33. The van der Waals surface area contributed by atoms with Crippen LogP contribution in [0.3, 0.4) is 0 Å². The Labute approximate surface area is 130 Å². The molecule has 126 valence electrons. The van der Waals surface area contributed by atoms with Crippen LogP contribution in [0.4, 0.5) is 18.0 Å². The highest BCUT2D eigenvalue weighted by atomic mass is 19.4. The predicted octanol–water partition coefficient (Wildman–Crippen LogP) is 4.34. The van der Waals surface area contributed by atoms with Crippen LogP contribution in [0.2, 0.25) is 0 Å². The van der Waals surface area contributed by atoms with E-state index in [1.165, 1.54) is 19.2 Å². The summed E-state index contributed by atoms with van der Waals surface area (Å²) < 4.78 is 47.2. The quantitative estimate of drug-likeness (QED) is 0.844. The first kappa shape index (κ1) is 17.0. The Bertz CT molecular complexity index is 757. The Morgan fingerprint density at radius 3 is 2.39 bits per heavy atom. The van der Waals surface area contributed by atoms with Gasteiger partial charge in [0.1, 0.15) is 5.60 Å². The number of halogens is 3. The topological polar surface area (TPSA) is 60.7 Å². The molecular formula is C15H16F3NO4. The van der Waals surface area contributed by atoms with E-state index in [9.17, 15) is 23.1 Å². The summed E-state index contributed by atoms with van der Waals surface area (Å²) >= 11 is 0.